The van der Waals surface area contributed by atoms with Crippen molar-refractivity contribution in [2.75, 3.05) is 37.1 Å². The van der Waals surface area contributed by atoms with E-state index in [0.717, 1.165) is 0 Å². The summed E-state index contributed by atoms with van der Waals surface area (Å²) in [6.07, 6.45) is 1.17. The predicted molar refractivity (Wildman–Crippen MR) is 69.0 cm³/mol. The lowest BCUT2D eigenvalue weighted by atomic mass is 10.3. The third-order valence-corrected chi connectivity index (χ3v) is 4.57. The second kappa shape index (κ2) is 9.05. The van der Waals surface area contributed by atoms with E-state index in [1.807, 2.05) is 0 Å². The van der Waals surface area contributed by atoms with Crippen LogP contribution in [0.5, 0.6) is 0 Å². The van der Waals surface area contributed by atoms with E-state index in [4.69, 9.17) is 16.2 Å². The molecule has 110 valence electrons. The van der Waals surface area contributed by atoms with E-state index in [0.29, 0.717) is 19.4 Å². The van der Waals surface area contributed by atoms with E-state index >= 15 is 0 Å². The molecule has 0 saturated heterocycles. The molecule has 0 unspecified atom stereocenters. The maximum absolute atomic E-state index is 11.3. The van der Waals surface area contributed by atoms with Gasteiger partial charge in [-0.3, -0.25) is 4.55 Å². The molecule has 0 rings (SSSR count). The fourth-order valence-corrected chi connectivity index (χ4v) is 3.22. The summed E-state index contributed by atoms with van der Waals surface area (Å²) in [5, 5.41) is 2.85. The highest BCUT2D eigenvalue weighted by Gasteiger charge is 2.08. The summed E-state index contributed by atoms with van der Waals surface area (Å²) >= 11 is 5.35. The first-order chi connectivity index (χ1) is 8.27. The summed E-state index contributed by atoms with van der Waals surface area (Å²) in [6, 6.07) is 0. The molecule has 0 heterocycles. The molecule has 0 aromatic rings. The van der Waals surface area contributed by atoms with Gasteiger partial charge in [-0.25, -0.2) is 12.6 Å². The molecule has 0 atom stereocenters. The molecule has 0 bridgehead atoms. The normalized spacial score (nSPS) is 12.8. The van der Waals surface area contributed by atoms with Crippen LogP contribution < -0.4 is 5.32 Å². The standard InChI is InChI=1S/C8H18ClNO6S2/c9-3-8-17(11,12)7-2-1-4-10-5-6-16-18(13,14)15/h10H,1-8H2,(H,13,14,15). The summed E-state index contributed by atoms with van der Waals surface area (Å²) in [4.78, 5) is 0. The van der Waals surface area contributed by atoms with E-state index in [2.05, 4.69) is 9.50 Å². The zero-order valence-corrected chi connectivity index (χ0v) is 12.2. The Hall–Kier alpha value is 0.0700. The Labute approximate surface area is 113 Å². The van der Waals surface area contributed by atoms with Gasteiger partial charge in [-0.05, 0) is 19.4 Å². The van der Waals surface area contributed by atoms with E-state index < -0.39 is 20.2 Å². The monoisotopic (exact) mass is 323 g/mol. The zero-order valence-electron chi connectivity index (χ0n) is 9.84. The maximum Gasteiger partial charge on any atom is 0.397 e. The third kappa shape index (κ3) is 12.5. The van der Waals surface area contributed by atoms with Crippen molar-refractivity contribution < 1.29 is 25.6 Å². The number of hydrogen-bond donors (Lipinski definition) is 2. The lowest BCUT2D eigenvalue weighted by Crippen LogP contribution is -2.23. The Morgan fingerprint density at radius 1 is 1.06 bits per heavy atom. The molecule has 0 amide bonds. The number of sulfone groups is 1. The van der Waals surface area contributed by atoms with Gasteiger partial charge in [-0.2, -0.15) is 8.42 Å². The van der Waals surface area contributed by atoms with Gasteiger partial charge in [0.05, 0.1) is 18.1 Å². The molecule has 2 N–H and O–H groups in total. The minimum atomic E-state index is -4.38. The molecule has 0 fully saturated rings. The Morgan fingerprint density at radius 2 is 1.72 bits per heavy atom. The first kappa shape index (κ1) is 18.1. The van der Waals surface area contributed by atoms with E-state index in [9.17, 15) is 16.8 Å². The van der Waals surface area contributed by atoms with Gasteiger partial charge in [0.1, 0.15) is 0 Å². The molecular formula is C8H18ClNO6S2. The predicted octanol–water partition coefficient (Wildman–Crippen LogP) is -0.171. The van der Waals surface area contributed by atoms with Crippen LogP contribution in [0.3, 0.4) is 0 Å². The Bertz CT molecular complexity index is 407. The average molecular weight is 324 g/mol. The van der Waals surface area contributed by atoms with Crippen molar-refractivity contribution in [3.8, 4) is 0 Å². The van der Waals surface area contributed by atoms with Gasteiger partial charge in [0, 0.05) is 12.4 Å². The highest BCUT2D eigenvalue weighted by molar-refractivity contribution is 7.91. The second-order valence-electron chi connectivity index (χ2n) is 3.55. The van der Waals surface area contributed by atoms with Crippen molar-refractivity contribution in [1.82, 2.24) is 5.32 Å². The molecular weight excluding hydrogens is 306 g/mol. The summed E-state index contributed by atoms with van der Waals surface area (Å²) < 4.78 is 55.2. The van der Waals surface area contributed by atoms with Crippen molar-refractivity contribution in [3.05, 3.63) is 0 Å². The number of alkyl halides is 1. The molecule has 0 aliphatic rings. The smallest absolute Gasteiger partial charge is 0.314 e. The molecule has 0 saturated carbocycles. The van der Waals surface area contributed by atoms with Crippen LogP contribution in [0.2, 0.25) is 0 Å². The summed E-state index contributed by atoms with van der Waals surface area (Å²) in [7, 11) is -7.42. The fourth-order valence-electron chi connectivity index (χ4n) is 1.14. The number of hydrogen-bond acceptors (Lipinski definition) is 6. The topological polar surface area (TPSA) is 110 Å². The van der Waals surface area contributed by atoms with Crippen LogP contribution in [0, 0.1) is 0 Å². The fraction of sp³-hybridized carbons (Fsp3) is 1.00. The van der Waals surface area contributed by atoms with Gasteiger partial charge in [0.2, 0.25) is 0 Å². The van der Waals surface area contributed by atoms with Gasteiger partial charge in [-0.1, -0.05) is 0 Å². The number of rotatable bonds is 11. The molecule has 0 aliphatic carbocycles. The largest absolute Gasteiger partial charge is 0.397 e. The van der Waals surface area contributed by atoms with E-state index in [1.165, 1.54) is 0 Å². The SMILES string of the molecule is O=S(=O)(CCCl)CCCCNCCOS(=O)(=O)O. The van der Waals surface area contributed by atoms with Crippen LogP contribution in [-0.4, -0.2) is 58.5 Å². The number of nitrogens with one attached hydrogen (secondary N) is 1. The van der Waals surface area contributed by atoms with Crippen LogP contribution in [0.25, 0.3) is 0 Å². The number of unbranched alkanes of at least 4 members (excludes halogenated alkanes) is 1. The summed E-state index contributed by atoms with van der Waals surface area (Å²) in [6.45, 7) is 0.642. The Balaban J connectivity index is 3.42. The van der Waals surface area contributed by atoms with Crippen molar-refractivity contribution in [2.24, 2.45) is 0 Å². The summed E-state index contributed by atoms with van der Waals surface area (Å²) in [5.74, 6) is 0.195. The maximum atomic E-state index is 11.3. The second-order valence-corrected chi connectivity index (χ2v) is 7.32. The lowest BCUT2D eigenvalue weighted by molar-refractivity contribution is 0.267. The number of halogens is 1. The first-order valence-electron chi connectivity index (χ1n) is 5.36. The van der Waals surface area contributed by atoms with Gasteiger partial charge in [0.25, 0.3) is 0 Å². The van der Waals surface area contributed by atoms with Crippen LogP contribution in [0.15, 0.2) is 0 Å². The van der Waals surface area contributed by atoms with E-state index in [-0.39, 0.29) is 30.5 Å². The van der Waals surface area contributed by atoms with Gasteiger partial charge >= 0.3 is 10.4 Å². The molecule has 7 nitrogen and oxygen atoms in total. The van der Waals surface area contributed by atoms with Crippen molar-refractivity contribution >= 4 is 31.8 Å². The minimum Gasteiger partial charge on any atom is -0.314 e. The van der Waals surface area contributed by atoms with Gasteiger partial charge in [0.15, 0.2) is 9.84 Å². The third-order valence-electron chi connectivity index (χ3n) is 1.96. The van der Waals surface area contributed by atoms with Crippen LogP contribution in [0.1, 0.15) is 12.8 Å². The van der Waals surface area contributed by atoms with Crippen LogP contribution in [-0.2, 0) is 24.4 Å². The quantitative estimate of drug-likeness (QED) is 0.308. The Kier molecular flexibility index (Phi) is 9.09. The van der Waals surface area contributed by atoms with Crippen molar-refractivity contribution in [3.63, 3.8) is 0 Å². The van der Waals surface area contributed by atoms with Crippen LogP contribution >= 0.6 is 11.6 Å². The van der Waals surface area contributed by atoms with Gasteiger partial charge < -0.3 is 5.32 Å². The lowest BCUT2D eigenvalue weighted by Gasteiger charge is -2.04. The molecule has 18 heavy (non-hydrogen) atoms. The molecule has 0 radical (unpaired) electrons. The Morgan fingerprint density at radius 3 is 2.28 bits per heavy atom. The van der Waals surface area contributed by atoms with Crippen LogP contribution in [0.4, 0.5) is 0 Å². The molecule has 10 heteroatoms. The molecule has 0 spiro atoms. The highest BCUT2D eigenvalue weighted by Crippen LogP contribution is 1.98. The van der Waals surface area contributed by atoms with E-state index in [1.54, 1.807) is 0 Å². The average Bonchev–Trinajstić information content (AvgIpc) is 2.20. The highest BCUT2D eigenvalue weighted by atomic mass is 35.5. The van der Waals surface area contributed by atoms with Gasteiger partial charge in [-0.15, -0.1) is 11.6 Å². The minimum absolute atomic E-state index is 0.00974. The zero-order chi connectivity index (χ0) is 14.1. The summed E-state index contributed by atoms with van der Waals surface area (Å²) in [5.41, 5.74) is 0. The first-order valence-corrected chi connectivity index (χ1v) is 9.08. The van der Waals surface area contributed by atoms with Crippen molar-refractivity contribution in [2.45, 2.75) is 12.8 Å². The molecule has 0 aromatic heterocycles. The molecule has 0 aliphatic heterocycles. The molecule has 0 aromatic carbocycles. The van der Waals surface area contributed by atoms with Crippen molar-refractivity contribution in [1.29, 1.82) is 0 Å².